The largest absolute Gasteiger partial charge is 0.477 e. The van der Waals surface area contributed by atoms with Crippen LogP contribution in [0.2, 0.25) is 0 Å². The predicted octanol–water partition coefficient (Wildman–Crippen LogP) is 2.17. The van der Waals surface area contributed by atoms with E-state index in [1.807, 2.05) is 0 Å². The molecular formula is C16H22N2O3. The molecule has 1 aromatic heterocycles. The van der Waals surface area contributed by atoms with E-state index in [1.54, 1.807) is 30.3 Å². The Bertz CT molecular complexity index is 528. The molecule has 1 unspecified atom stereocenters. The van der Waals surface area contributed by atoms with Gasteiger partial charge in [-0.25, -0.2) is 4.98 Å². The quantitative estimate of drug-likeness (QED) is 0.595. The molecule has 5 nitrogen and oxygen atoms in total. The average Bonchev–Trinajstić information content (AvgIpc) is 2.78. The third kappa shape index (κ3) is 3.60. The van der Waals surface area contributed by atoms with Crippen LogP contribution < -0.4 is 4.74 Å². The second-order valence-electron chi connectivity index (χ2n) is 5.85. The molecule has 114 valence electrons. The Labute approximate surface area is 125 Å². The molecule has 1 atom stereocenters. The van der Waals surface area contributed by atoms with Crippen molar-refractivity contribution in [1.82, 2.24) is 9.88 Å². The van der Waals surface area contributed by atoms with Gasteiger partial charge < -0.3 is 9.64 Å². The molecule has 5 heteroatoms. The van der Waals surface area contributed by atoms with Crippen molar-refractivity contribution in [2.24, 2.45) is 11.8 Å². The summed E-state index contributed by atoms with van der Waals surface area (Å²) in [5.41, 5.74) is 0.412. The monoisotopic (exact) mass is 290 g/mol. The molecule has 0 bridgehead atoms. The van der Waals surface area contributed by atoms with Crippen LogP contribution in [-0.4, -0.2) is 41.8 Å². The van der Waals surface area contributed by atoms with Gasteiger partial charge in [-0.3, -0.25) is 9.59 Å². The molecule has 1 fully saturated rings. The Morgan fingerprint density at radius 3 is 2.90 bits per heavy atom. The Kier molecular flexibility index (Phi) is 4.94. The van der Waals surface area contributed by atoms with E-state index < -0.39 is 5.92 Å². The standard InChI is InChI=1S/C16H22N2O3/c1-11(2)7-10-21-15-12(5-4-8-17-15)14(19)13-6-9-18(3)16(13)20/h4-5,8,11,13H,6-7,9-10H2,1-3H3. The maximum absolute atomic E-state index is 12.6. The van der Waals surface area contributed by atoms with Crippen LogP contribution >= 0.6 is 0 Å². The average molecular weight is 290 g/mol. The lowest BCUT2D eigenvalue weighted by atomic mass is 9.97. The zero-order chi connectivity index (χ0) is 15.4. The van der Waals surface area contributed by atoms with Gasteiger partial charge in [-0.2, -0.15) is 0 Å². The van der Waals surface area contributed by atoms with Crippen molar-refractivity contribution < 1.29 is 14.3 Å². The highest BCUT2D eigenvalue weighted by atomic mass is 16.5. The molecule has 0 aliphatic carbocycles. The lowest BCUT2D eigenvalue weighted by Gasteiger charge is -2.13. The minimum Gasteiger partial charge on any atom is -0.477 e. The summed E-state index contributed by atoms with van der Waals surface area (Å²) >= 11 is 0. The molecule has 1 saturated heterocycles. The number of Topliss-reactive ketones (excluding diaryl/α,β-unsaturated/α-hetero) is 1. The predicted molar refractivity (Wildman–Crippen MR) is 79.3 cm³/mol. The zero-order valence-corrected chi connectivity index (χ0v) is 12.8. The first-order valence-electron chi connectivity index (χ1n) is 7.37. The molecule has 0 saturated carbocycles. The fourth-order valence-corrected chi connectivity index (χ4v) is 2.34. The number of hydrogen-bond donors (Lipinski definition) is 0. The smallest absolute Gasteiger partial charge is 0.233 e. The molecule has 1 amide bonds. The van der Waals surface area contributed by atoms with Gasteiger partial charge in [0.2, 0.25) is 11.8 Å². The first-order chi connectivity index (χ1) is 10.0. The van der Waals surface area contributed by atoms with E-state index in [4.69, 9.17) is 4.74 Å². The summed E-state index contributed by atoms with van der Waals surface area (Å²) in [6.07, 6.45) is 3.06. The number of likely N-dealkylation sites (tertiary alicyclic amines) is 1. The van der Waals surface area contributed by atoms with E-state index in [2.05, 4.69) is 18.8 Å². The number of aromatic nitrogens is 1. The van der Waals surface area contributed by atoms with Gasteiger partial charge in [-0.05, 0) is 30.9 Å². The van der Waals surface area contributed by atoms with E-state index in [9.17, 15) is 9.59 Å². The number of ether oxygens (including phenoxy) is 1. The summed E-state index contributed by atoms with van der Waals surface area (Å²) in [6.45, 7) is 5.37. The van der Waals surface area contributed by atoms with Gasteiger partial charge in [-0.15, -0.1) is 0 Å². The van der Waals surface area contributed by atoms with Gasteiger partial charge in [-0.1, -0.05) is 13.8 Å². The van der Waals surface area contributed by atoms with Crippen LogP contribution in [0.1, 0.15) is 37.0 Å². The van der Waals surface area contributed by atoms with E-state index in [-0.39, 0.29) is 11.7 Å². The van der Waals surface area contributed by atoms with Crippen molar-refractivity contribution in [3.8, 4) is 5.88 Å². The number of nitrogens with zero attached hydrogens (tertiary/aromatic N) is 2. The molecular weight excluding hydrogens is 268 g/mol. The van der Waals surface area contributed by atoms with Crippen molar-refractivity contribution in [3.05, 3.63) is 23.9 Å². The highest BCUT2D eigenvalue weighted by Crippen LogP contribution is 2.25. The number of ketones is 1. The van der Waals surface area contributed by atoms with Gasteiger partial charge in [0.15, 0.2) is 5.78 Å². The van der Waals surface area contributed by atoms with Crippen molar-refractivity contribution >= 4 is 11.7 Å². The molecule has 0 N–H and O–H groups in total. The van der Waals surface area contributed by atoms with Crippen LogP contribution in [-0.2, 0) is 4.79 Å². The van der Waals surface area contributed by atoms with Gasteiger partial charge >= 0.3 is 0 Å². The summed E-state index contributed by atoms with van der Waals surface area (Å²) in [5, 5.41) is 0. The number of rotatable bonds is 6. The Hall–Kier alpha value is -1.91. The van der Waals surface area contributed by atoms with E-state index in [0.717, 1.165) is 6.42 Å². The van der Waals surface area contributed by atoms with Gasteiger partial charge in [0.1, 0.15) is 5.92 Å². The van der Waals surface area contributed by atoms with Crippen LogP contribution in [0.15, 0.2) is 18.3 Å². The summed E-state index contributed by atoms with van der Waals surface area (Å²) in [5.74, 6) is -0.0240. The molecule has 0 spiro atoms. The summed E-state index contributed by atoms with van der Waals surface area (Å²) in [6, 6.07) is 3.39. The highest BCUT2D eigenvalue weighted by molar-refractivity contribution is 6.11. The van der Waals surface area contributed by atoms with E-state index in [1.165, 1.54) is 0 Å². The molecule has 2 rings (SSSR count). The van der Waals surface area contributed by atoms with Crippen molar-refractivity contribution in [2.75, 3.05) is 20.2 Å². The molecule has 0 aromatic carbocycles. The zero-order valence-electron chi connectivity index (χ0n) is 12.8. The molecule has 1 aliphatic rings. The Morgan fingerprint density at radius 1 is 1.52 bits per heavy atom. The van der Waals surface area contributed by atoms with Gasteiger partial charge in [0.25, 0.3) is 0 Å². The van der Waals surface area contributed by atoms with Crippen LogP contribution in [0.3, 0.4) is 0 Å². The lowest BCUT2D eigenvalue weighted by molar-refractivity contribution is -0.128. The number of carbonyl (C=O) groups excluding carboxylic acids is 2. The molecule has 0 radical (unpaired) electrons. The summed E-state index contributed by atoms with van der Waals surface area (Å²) in [7, 11) is 1.72. The fraction of sp³-hybridized carbons (Fsp3) is 0.562. The summed E-state index contributed by atoms with van der Waals surface area (Å²) in [4.78, 5) is 30.3. The molecule has 21 heavy (non-hydrogen) atoms. The number of pyridine rings is 1. The van der Waals surface area contributed by atoms with E-state index in [0.29, 0.717) is 36.9 Å². The Balaban J connectivity index is 2.12. The maximum atomic E-state index is 12.6. The van der Waals surface area contributed by atoms with Crippen LogP contribution in [0.4, 0.5) is 0 Å². The number of hydrogen-bond acceptors (Lipinski definition) is 4. The minimum absolute atomic E-state index is 0.114. The summed E-state index contributed by atoms with van der Waals surface area (Å²) < 4.78 is 5.63. The van der Waals surface area contributed by atoms with Gasteiger partial charge in [0, 0.05) is 19.8 Å². The van der Waals surface area contributed by atoms with Crippen LogP contribution in [0.25, 0.3) is 0 Å². The first kappa shape index (κ1) is 15.5. The molecule has 1 aliphatic heterocycles. The lowest BCUT2D eigenvalue weighted by Crippen LogP contribution is -2.27. The minimum atomic E-state index is -0.591. The molecule has 1 aromatic rings. The van der Waals surface area contributed by atoms with Crippen molar-refractivity contribution in [2.45, 2.75) is 26.7 Å². The SMILES string of the molecule is CC(C)CCOc1ncccc1C(=O)C1CCN(C)C1=O. The van der Waals surface area contributed by atoms with Gasteiger partial charge in [0.05, 0.1) is 12.2 Å². The third-order valence-electron chi connectivity index (χ3n) is 3.71. The highest BCUT2D eigenvalue weighted by Gasteiger charge is 2.36. The van der Waals surface area contributed by atoms with Crippen molar-refractivity contribution in [3.63, 3.8) is 0 Å². The van der Waals surface area contributed by atoms with Crippen LogP contribution in [0, 0.1) is 11.8 Å². The van der Waals surface area contributed by atoms with Crippen molar-refractivity contribution in [1.29, 1.82) is 0 Å². The third-order valence-corrected chi connectivity index (χ3v) is 3.71. The number of carbonyl (C=O) groups is 2. The second kappa shape index (κ2) is 6.70. The first-order valence-corrected chi connectivity index (χ1v) is 7.37. The Morgan fingerprint density at radius 2 is 2.29 bits per heavy atom. The maximum Gasteiger partial charge on any atom is 0.233 e. The van der Waals surface area contributed by atoms with E-state index >= 15 is 0 Å². The second-order valence-corrected chi connectivity index (χ2v) is 5.85. The normalized spacial score (nSPS) is 18.4. The molecule has 2 heterocycles. The van der Waals surface area contributed by atoms with Crippen LogP contribution in [0.5, 0.6) is 5.88 Å². The topological polar surface area (TPSA) is 59.5 Å². The fourth-order valence-electron chi connectivity index (χ4n) is 2.34. The number of amides is 1.